The summed E-state index contributed by atoms with van der Waals surface area (Å²) in [7, 11) is 1.56. The summed E-state index contributed by atoms with van der Waals surface area (Å²) in [5.74, 6) is 0.159. The SMILES string of the molecule is COc1ccc(Cl)cc1Nc1ccnc(C(=O)Nc2cccc(C(C)=O)c2)c1. The maximum absolute atomic E-state index is 12.5. The van der Waals surface area contributed by atoms with Gasteiger partial charge >= 0.3 is 0 Å². The van der Waals surface area contributed by atoms with Gasteiger partial charge in [-0.15, -0.1) is 0 Å². The first-order valence-corrected chi connectivity index (χ1v) is 8.83. The first kappa shape index (κ1) is 19.4. The third kappa shape index (κ3) is 4.66. The minimum absolute atomic E-state index is 0.0732. The maximum atomic E-state index is 12.5. The topological polar surface area (TPSA) is 80.3 Å². The second-order valence-electron chi connectivity index (χ2n) is 5.99. The van der Waals surface area contributed by atoms with Crippen LogP contribution in [0, 0.1) is 0 Å². The zero-order valence-corrected chi connectivity index (χ0v) is 16.1. The molecule has 0 fully saturated rings. The van der Waals surface area contributed by atoms with Gasteiger partial charge in [0, 0.05) is 28.2 Å². The number of nitrogens with zero attached hydrogens (tertiary/aromatic N) is 1. The van der Waals surface area contributed by atoms with Gasteiger partial charge in [-0.3, -0.25) is 14.6 Å². The van der Waals surface area contributed by atoms with E-state index in [4.69, 9.17) is 16.3 Å². The number of ketones is 1. The normalized spacial score (nSPS) is 10.2. The van der Waals surface area contributed by atoms with E-state index in [-0.39, 0.29) is 17.4 Å². The molecule has 0 spiro atoms. The number of nitrogens with one attached hydrogen (secondary N) is 2. The van der Waals surface area contributed by atoms with E-state index in [1.165, 1.54) is 13.1 Å². The van der Waals surface area contributed by atoms with E-state index in [9.17, 15) is 9.59 Å². The van der Waals surface area contributed by atoms with E-state index in [0.717, 1.165) is 0 Å². The van der Waals surface area contributed by atoms with Crippen molar-refractivity contribution in [2.24, 2.45) is 0 Å². The number of anilines is 3. The lowest BCUT2D eigenvalue weighted by atomic mass is 10.1. The van der Waals surface area contributed by atoms with Gasteiger partial charge in [0.2, 0.25) is 0 Å². The Morgan fingerprint density at radius 1 is 1.04 bits per heavy atom. The lowest BCUT2D eigenvalue weighted by molar-refractivity contribution is 0.100. The molecular weight excluding hydrogens is 378 g/mol. The van der Waals surface area contributed by atoms with E-state index in [1.54, 1.807) is 61.7 Å². The molecule has 6 nitrogen and oxygen atoms in total. The predicted octanol–water partition coefficient (Wildman–Crippen LogP) is 4.94. The van der Waals surface area contributed by atoms with Crippen LogP contribution in [0.3, 0.4) is 0 Å². The Balaban J connectivity index is 1.79. The van der Waals surface area contributed by atoms with Crippen molar-refractivity contribution in [3.05, 3.63) is 77.1 Å². The van der Waals surface area contributed by atoms with Crippen LogP contribution >= 0.6 is 11.6 Å². The van der Waals surface area contributed by atoms with Crippen molar-refractivity contribution in [3.63, 3.8) is 0 Å². The Morgan fingerprint density at radius 3 is 2.61 bits per heavy atom. The van der Waals surface area contributed by atoms with Crippen molar-refractivity contribution in [1.82, 2.24) is 4.98 Å². The highest BCUT2D eigenvalue weighted by Gasteiger charge is 2.11. The van der Waals surface area contributed by atoms with Crippen LogP contribution in [-0.2, 0) is 0 Å². The maximum Gasteiger partial charge on any atom is 0.274 e. The molecule has 0 bridgehead atoms. The monoisotopic (exact) mass is 395 g/mol. The predicted molar refractivity (Wildman–Crippen MR) is 110 cm³/mol. The summed E-state index contributed by atoms with van der Waals surface area (Å²) in [6, 6.07) is 15.3. The third-order valence-corrected chi connectivity index (χ3v) is 4.20. The number of amides is 1. The number of rotatable bonds is 6. The number of carbonyl (C=O) groups excluding carboxylic acids is 2. The molecule has 0 aliphatic carbocycles. The molecule has 3 rings (SSSR count). The van der Waals surface area contributed by atoms with Gasteiger partial charge in [0.25, 0.3) is 5.91 Å². The van der Waals surface area contributed by atoms with Crippen molar-refractivity contribution >= 4 is 40.4 Å². The first-order chi connectivity index (χ1) is 13.5. The van der Waals surface area contributed by atoms with Crippen LogP contribution in [0.4, 0.5) is 17.1 Å². The molecule has 2 aromatic carbocycles. The summed E-state index contributed by atoms with van der Waals surface area (Å²) >= 11 is 6.05. The summed E-state index contributed by atoms with van der Waals surface area (Å²) < 4.78 is 5.32. The highest BCUT2D eigenvalue weighted by molar-refractivity contribution is 6.31. The van der Waals surface area contributed by atoms with Gasteiger partial charge < -0.3 is 15.4 Å². The number of carbonyl (C=O) groups is 2. The van der Waals surface area contributed by atoms with Gasteiger partial charge in [-0.05, 0) is 49.4 Å². The zero-order valence-electron chi connectivity index (χ0n) is 15.3. The molecule has 0 aliphatic rings. The average molecular weight is 396 g/mol. The molecule has 0 aliphatic heterocycles. The summed E-state index contributed by atoms with van der Waals surface area (Å²) in [5, 5.41) is 6.48. The van der Waals surface area contributed by atoms with Crippen molar-refractivity contribution in [2.75, 3.05) is 17.7 Å². The Bertz CT molecular complexity index is 1040. The molecule has 0 unspecified atom stereocenters. The van der Waals surface area contributed by atoms with E-state index in [1.807, 2.05) is 0 Å². The standard InChI is InChI=1S/C21H18ClN3O3/c1-13(26)14-4-3-5-16(10-14)25-21(27)19-12-17(8-9-23-19)24-18-11-15(22)6-7-20(18)28-2/h3-12H,1-2H3,(H,23,24)(H,25,27). The van der Waals surface area contributed by atoms with E-state index in [0.29, 0.717) is 33.4 Å². The molecule has 7 heteroatoms. The van der Waals surface area contributed by atoms with Gasteiger partial charge in [0.1, 0.15) is 11.4 Å². The van der Waals surface area contributed by atoms with Crippen LogP contribution in [0.1, 0.15) is 27.8 Å². The van der Waals surface area contributed by atoms with Crippen molar-refractivity contribution < 1.29 is 14.3 Å². The number of methoxy groups -OCH3 is 1. The Hall–Kier alpha value is -3.38. The molecule has 1 aromatic heterocycles. The molecular formula is C21H18ClN3O3. The Labute approximate surface area is 167 Å². The molecule has 28 heavy (non-hydrogen) atoms. The van der Waals surface area contributed by atoms with Crippen molar-refractivity contribution in [1.29, 1.82) is 0 Å². The summed E-state index contributed by atoms with van der Waals surface area (Å²) in [4.78, 5) is 28.2. The number of benzene rings is 2. The van der Waals surface area contributed by atoms with Crippen LogP contribution in [0.25, 0.3) is 0 Å². The molecule has 1 amide bonds. The summed E-state index contributed by atoms with van der Waals surface area (Å²) in [6.45, 7) is 1.47. The van der Waals surface area contributed by atoms with Crippen LogP contribution < -0.4 is 15.4 Å². The minimum Gasteiger partial charge on any atom is -0.495 e. The largest absolute Gasteiger partial charge is 0.495 e. The minimum atomic E-state index is -0.387. The number of pyridine rings is 1. The van der Waals surface area contributed by atoms with Crippen LogP contribution in [0.2, 0.25) is 5.02 Å². The lowest BCUT2D eigenvalue weighted by Gasteiger charge is -2.12. The van der Waals surface area contributed by atoms with E-state index < -0.39 is 0 Å². The third-order valence-electron chi connectivity index (χ3n) is 3.96. The fourth-order valence-electron chi connectivity index (χ4n) is 2.58. The molecule has 142 valence electrons. The summed E-state index contributed by atoms with van der Waals surface area (Å²) in [6.07, 6.45) is 1.53. The van der Waals surface area contributed by atoms with Gasteiger partial charge in [0.05, 0.1) is 12.8 Å². The Morgan fingerprint density at radius 2 is 1.86 bits per heavy atom. The number of hydrogen-bond donors (Lipinski definition) is 2. The number of aromatic nitrogens is 1. The molecule has 1 heterocycles. The molecule has 0 radical (unpaired) electrons. The van der Waals surface area contributed by atoms with Crippen molar-refractivity contribution in [2.45, 2.75) is 6.92 Å². The number of halogens is 1. The van der Waals surface area contributed by atoms with Crippen molar-refractivity contribution in [3.8, 4) is 5.75 Å². The van der Waals surface area contributed by atoms with Crippen LogP contribution in [0.5, 0.6) is 5.75 Å². The second kappa shape index (κ2) is 8.54. The first-order valence-electron chi connectivity index (χ1n) is 8.45. The fourth-order valence-corrected chi connectivity index (χ4v) is 2.75. The molecule has 0 saturated carbocycles. The van der Waals surface area contributed by atoms with Crippen LogP contribution in [-0.4, -0.2) is 23.8 Å². The zero-order chi connectivity index (χ0) is 20.1. The second-order valence-corrected chi connectivity index (χ2v) is 6.43. The molecule has 0 saturated heterocycles. The number of Topliss-reactive ketones (excluding diaryl/α,β-unsaturated/α-hetero) is 1. The quantitative estimate of drug-likeness (QED) is 0.577. The highest BCUT2D eigenvalue weighted by atomic mass is 35.5. The van der Waals surface area contributed by atoms with Gasteiger partial charge in [-0.25, -0.2) is 0 Å². The number of ether oxygens (including phenoxy) is 1. The number of hydrogen-bond acceptors (Lipinski definition) is 5. The van der Waals surface area contributed by atoms with Gasteiger partial charge in [0.15, 0.2) is 5.78 Å². The molecule has 2 N–H and O–H groups in total. The smallest absolute Gasteiger partial charge is 0.274 e. The Kier molecular flexibility index (Phi) is 5.91. The van der Waals surface area contributed by atoms with E-state index >= 15 is 0 Å². The summed E-state index contributed by atoms with van der Waals surface area (Å²) in [5.41, 5.74) is 2.59. The molecule has 0 atom stereocenters. The lowest BCUT2D eigenvalue weighted by Crippen LogP contribution is -2.14. The van der Waals surface area contributed by atoms with Gasteiger partial charge in [-0.1, -0.05) is 23.7 Å². The van der Waals surface area contributed by atoms with Crippen LogP contribution in [0.15, 0.2) is 60.8 Å². The molecule has 3 aromatic rings. The fraction of sp³-hybridized carbons (Fsp3) is 0.0952. The highest BCUT2D eigenvalue weighted by Crippen LogP contribution is 2.30. The average Bonchev–Trinajstić information content (AvgIpc) is 2.68. The van der Waals surface area contributed by atoms with E-state index in [2.05, 4.69) is 15.6 Å². The van der Waals surface area contributed by atoms with Gasteiger partial charge in [-0.2, -0.15) is 0 Å².